The summed E-state index contributed by atoms with van der Waals surface area (Å²) in [7, 11) is 3.96. The second-order valence-electron chi connectivity index (χ2n) is 5.98. The van der Waals surface area contributed by atoms with Gasteiger partial charge >= 0.3 is 0 Å². The summed E-state index contributed by atoms with van der Waals surface area (Å²) in [5.74, 6) is 0.872. The first-order valence-electron chi connectivity index (χ1n) is 8.62. The molecule has 6 heteroatoms. The first-order chi connectivity index (χ1) is 11.3. The van der Waals surface area contributed by atoms with Crippen LogP contribution < -0.4 is 15.5 Å². The van der Waals surface area contributed by atoms with Crippen molar-refractivity contribution in [2.45, 2.75) is 31.8 Å². The van der Waals surface area contributed by atoms with Crippen LogP contribution in [0, 0.1) is 0 Å². The molecule has 0 aromatic heterocycles. The summed E-state index contributed by atoms with van der Waals surface area (Å²) < 4.78 is 5.61. The Morgan fingerprint density at radius 2 is 2.04 bits per heavy atom. The molecule has 0 saturated carbocycles. The van der Waals surface area contributed by atoms with Crippen LogP contribution in [0.15, 0.2) is 35.3 Å². The molecule has 1 atom stereocenters. The predicted molar refractivity (Wildman–Crippen MR) is 113 cm³/mol. The minimum Gasteiger partial charge on any atom is -0.376 e. The van der Waals surface area contributed by atoms with E-state index in [4.69, 9.17) is 4.74 Å². The van der Waals surface area contributed by atoms with E-state index in [-0.39, 0.29) is 24.0 Å². The number of para-hydroxylation sites is 1. The van der Waals surface area contributed by atoms with Crippen LogP contribution in [-0.4, -0.2) is 52.4 Å². The van der Waals surface area contributed by atoms with Crippen molar-refractivity contribution < 1.29 is 4.74 Å². The first-order valence-corrected chi connectivity index (χ1v) is 8.62. The van der Waals surface area contributed by atoms with E-state index in [1.54, 1.807) is 0 Å². The van der Waals surface area contributed by atoms with Gasteiger partial charge in [0.2, 0.25) is 0 Å². The molecule has 0 radical (unpaired) electrons. The molecular formula is C18H31IN4O. The number of nitrogens with one attached hydrogen (secondary N) is 2. The highest BCUT2D eigenvalue weighted by molar-refractivity contribution is 14.0. The SMILES string of the molecule is CN=C(NCCCCN(C)c1ccccc1)NCC1CCCO1.I. The van der Waals surface area contributed by atoms with Crippen molar-refractivity contribution in [1.29, 1.82) is 0 Å². The van der Waals surface area contributed by atoms with Gasteiger partial charge in [0.25, 0.3) is 0 Å². The molecule has 5 nitrogen and oxygen atoms in total. The van der Waals surface area contributed by atoms with Gasteiger partial charge in [0.1, 0.15) is 0 Å². The number of anilines is 1. The maximum atomic E-state index is 5.61. The normalized spacial score (nSPS) is 17.2. The summed E-state index contributed by atoms with van der Waals surface area (Å²) in [6.07, 6.45) is 4.94. The van der Waals surface area contributed by atoms with Crippen molar-refractivity contribution in [2.24, 2.45) is 4.99 Å². The van der Waals surface area contributed by atoms with Gasteiger partial charge in [0.15, 0.2) is 5.96 Å². The minimum absolute atomic E-state index is 0. The molecule has 24 heavy (non-hydrogen) atoms. The van der Waals surface area contributed by atoms with E-state index in [0.29, 0.717) is 6.10 Å². The summed E-state index contributed by atoms with van der Waals surface area (Å²) in [5, 5.41) is 6.71. The molecule has 0 bridgehead atoms. The zero-order valence-corrected chi connectivity index (χ0v) is 17.2. The van der Waals surface area contributed by atoms with Crippen molar-refractivity contribution in [3.8, 4) is 0 Å². The highest BCUT2D eigenvalue weighted by atomic mass is 127. The fourth-order valence-electron chi connectivity index (χ4n) is 2.73. The highest BCUT2D eigenvalue weighted by Gasteiger charge is 2.15. The number of hydrogen-bond donors (Lipinski definition) is 2. The van der Waals surface area contributed by atoms with Gasteiger partial charge < -0.3 is 20.3 Å². The molecule has 1 aromatic rings. The fraction of sp³-hybridized carbons (Fsp3) is 0.611. The third-order valence-corrected chi connectivity index (χ3v) is 4.15. The van der Waals surface area contributed by atoms with Gasteiger partial charge in [-0.3, -0.25) is 4.99 Å². The Hall–Kier alpha value is -1.02. The number of rotatable bonds is 8. The molecule has 1 aliphatic rings. The van der Waals surface area contributed by atoms with Crippen LogP contribution in [0.5, 0.6) is 0 Å². The number of unbranched alkanes of at least 4 members (excludes halogenated alkanes) is 1. The zero-order chi connectivity index (χ0) is 16.3. The van der Waals surface area contributed by atoms with E-state index in [1.807, 2.05) is 7.05 Å². The lowest BCUT2D eigenvalue weighted by Gasteiger charge is -2.19. The highest BCUT2D eigenvalue weighted by Crippen LogP contribution is 2.11. The number of halogens is 1. The molecule has 136 valence electrons. The van der Waals surface area contributed by atoms with Gasteiger partial charge in [-0.2, -0.15) is 0 Å². The molecule has 1 aromatic carbocycles. The number of hydrogen-bond acceptors (Lipinski definition) is 3. The number of nitrogens with zero attached hydrogens (tertiary/aromatic N) is 2. The van der Waals surface area contributed by atoms with Crippen molar-refractivity contribution in [3.63, 3.8) is 0 Å². The molecule has 1 fully saturated rings. The van der Waals surface area contributed by atoms with Gasteiger partial charge in [0, 0.05) is 46.0 Å². The smallest absolute Gasteiger partial charge is 0.191 e. The van der Waals surface area contributed by atoms with Gasteiger partial charge in [-0.1, -0.05) is 18.2 Å². The average molecular weight is 446 g/mol. The van der Waals surface area contributed by atoms with Crippen LogP contribution in [0.25, 0.3) is 0 Å². The molecule has 0 aliphatic carbocycles. The second-order valence-corrected chi connectivity index (χ2v) is 5.98. The largest absolute Gasteiger partial charge is 0.376 e. The number of benzene rings is 1. The van der Waals surface area contributed by atoms with Crippen LogP contribution >= 0.6 is 24.0 Å². The molecule has 1 aliphatic heterocycles. The lowest BCUT2D eigenvalue weighted by molar-refractivity contribution is 0.114. The molecule has 0 spiro atoms. The third kappa shape index (κ3) is 7.70. The number of guanidine groups is 1. The van der Waals surface area contributed by atoms with E-state index in [9.17, 15) is 0 Å². The zero-order valence-electron chi connectivity index (χ0n) is 14.8. The average Bonchev–Trinajstić information content (AvgIpc) is 3.11. The third-order valence-electron chi connectivity index (χ3n) is 4.15. The topological polar surface area (TPSA) is 48.9 Å². The predicted octanol–water partition coefficient (Wildman–Crippen LogP) is 2.87. The summed E-state index contributed by atoms with van der Waals surface area (Å²) in [4.78, 5) is 6.55. The minimum atomic E-state index is 0. The van der Waals surface area contributed by atoms with Crippen LogP contribution in [-0.2, 0) is 4.74 Å². The van der Waals surface area contributed by atoms with Crippen molar-refractivity contribution in [2.75, 3.05) is 45.2 Å². The van der Waals surface area contributed by atoms with Gasteiger partial charge in [-0.25, -0.2) is 0 Å². The monoisotopic (exact) mass is 446 g/mol. The Kier molecular flexibility index (Phi) is 10.8. The van der Waals surface area contributed by atoms with Crippen LogP contribution in [0.3, 0.4) is 0 Å². The van der Waals surface area contributed by atoms with E-state index in [2.05, 4.69) is 57.9 Å². The van der Waals surface area contributed by atoms with E-state index in [0.717, 1.165) is 51.5 Å². The molecule has 1 unspecified atom stereocenters. The summed E-state index contributed by atoms with van der Waals surface area (Å²) >= 11 is 0. The Balaban J connectivity index is 0.00000288. The lowest BCUT2D eigenvalue weighted by Crippen LogP contribution is -2.41. The summed E-state index contributed by atoms with van der Waals surface area (Å²) in [6, 6.07) is 10.5. The van der Waals surface area contributed by atoms with E-state index in [1.165, 1.54) is 12.1 Å². The molecule has 1 saturated heterocycles. The van der Waals surface area contributed by atoms with Gasteiger partial charge in [0.05, 0.1) is 6.10 Å². The summed E-state index contributed by atoms with van der Waals surface area (Å²) in [6.45, 7) is 3.74. The Bertz CT molecular complexity index is 463. The number of aliphatic imine (C=N–C) groups is 1. The standard InChI is InChI=1S/C18H30N4O.HI/c1-19-18(21-15-17-11-8-14-23-17)20-12-6-7-13-22(2)16-9-4-3-5-10-16;/h3-5,9-10,17H,6-8,11-15H2,1-2H3,(H2,19,20,21);1H. The van der Waals surface area contributed by atoms with E-state index >= 15 is 0 Å². The molecular weight excluding hydrogens is 415 g/mol. The maximum absolute atomic E-state index is 5.61. The van der Waals surface area contributed by atoms with Gasteiger partial charge in [-0.05, 0) is 37.8 Å². The molecule has 2 N–H and O–H groups in total. The van der Waals surface area contributed by atoms with E-state index < -0.39 is 0 Å². The Morgan fingerprint density at radius 1 is 1.25 bits per heavy atom. The van der Waals surface area contributed by atoms with Gasteiger partial charge in [-0.15, -0.1) is 24.0 Å². The Labute approximate surface area is 163 Å². The summed E-state index contributed by atoms with van der Waals surface area (Å²) in [5.41, 5.74) is 1.27. The first kappa shape index (κ1) is 21.0. The lowest BCUT2D eigenvalue weighted by atomic mass is 10.2. The van der Waals surface area contributed by atoms with Crippen LogP contribution in [0.2, 0.25) is 0 Å². The second kappa shape index (κ2) is 12.4. The van der Waals surface area contributed by atoms with Crippen LogP contribution in [0.1, 0.15) is 25.7 Å². The van der Waals surface area contributed by atoms with Crippen molar-refractivity contribution in [3.05, 3.63) is 30.3 Å². The number of ether oxygens (including phenoxy) is 1. The Morgan fingerprint density at radius 3 is 2.71 bits per heavy atom. The van der Waals surface area contributed by atoms with Crippen molar-refractivity contribution in [1.82, 2.24) is 10.6 Å². The molecule has 0 amide bonds. The van der Waals surface area contributed by atoms with Crippen molar-refractivity contribution >= 4 is 35.6 Å². The maximum Gasteiger partial charge on any atom is 0.191 e. The quantitative estimate of drug-likeness (QED) is 0.279. The molecule has 1 heterocycles. The molecule has 2 rings (SSSR count). The fourth-order valence-corrected chi connectivity index (χ4v) is 2.73. The van der Waals surface area contributed by atoms with Crippen LogP contribution in [0.4, 0.5) is 5.69 Å².